The number of carbonyl (C=O) groups excluding carboxylic acids is 1. The van der Waals surface area contributed by atoms with Crippen molar-refractivity contribution in [1.82, 2.24) is 4.90 Å². The minimum Gasteiger partial charge on any atom is -0.481 e. The van der Waals surface area contributed by atoms with Crippen molar-refractivity contribution in [1.29, 1.82) is 0 Å². The van der Waals surface area contributed by atoms with Gasteiger partial charge >= 0.3 is 12.1 Å². The number of thiophene rings is 1. The third-order valence-corrected chi connectivity index (χ3v) is 4.66. The average molecular weight is 372 g/mol. The van der Waals surface area contributed by atoms with Gasteiger partial charge in [-0.3, -0.25) is 9.59 Å². The van der Waals surface area contributed by atoms with Crippen molar-refractivity contribution in [2.24, 2.45) is 11.8 Å². The van der Waals surface area contributed by atoms with E-state index in [2.05, 4.69) is 15.9 Å². The lowest BCUT2D eigenvalue weighted by Gasteiger charge is -2.18. The molecule has 0 bridgehead atoms. The van der Waals surface area contributed by atoms with E-state index in [9.17, 15) is 22.8 Å². The van der Waals surface area contributed by atoms with Crippen molar-refractivity contribution in [2.75, 3.05) is 13.1 Å². The molecule has 1 amide bonds. The van der Waals surface area contributed by atoms with E-state index < -0.39 is 43.0 Å². The van der Waals surface area contributed by atoms with Gasteiger partial charge in [-0.25, -0.2) is 0 Å². The summed E-state index contributed by atoms with van der Waals surface area (Å²) in [6.45, 7) is -1.04. The fourth-order valence-corrected chi connectivity index (χ4v) is 3.29. The van der Waals surface area contributed by atoms with Crippen LogP contribution >= 0.6 is 27.3 Å². The maximum absolute atomic E-state index is 12.8. The van der Waals surface area contributed by atoms with Crippen LogP contribution in [0, 0.1) is 11.8 Å². The Morgan fingerprint density at radius 1 is 1.40 bits per heavy atom. The number of alkyl halides is 3. The topological polar surface area (TPSA) is 57.6 Å². The smallest absolute Gasteiger partial charge is 0.394 e. The molecule has 0 saturated carbocycles. The van der Waals surface area contributed by atoms with Crippen LogP contribution < -0.4 is 0 Å². The molecular formula is C11H9BrF3NO3S. The number of hydrogen-bond donors (Lipinski definition) is 1. The standard InChI is InChI=1S/C11H9BrF3NO3S/c12-8-1-5(4-20-8)9(17)16-2-6(10(18)19)7(3-16)11(13,14)15/h1,4,6-7H,2-3H2,(H,18,19)/t6-,7-/m1/s1. The van der Waals surface area contributed by atoms with Crippen molar-refractivity contribution in [3.63, 3.8) is 0 Å². The molecule has 0 radical (unpaired) electrons. The molecule has 110 valence electrons. The molecule has 2 atom stereocenters. The summed E-state index contributed by atoms with van der Waals surface area (Å²) < 4.78 is 39.1. The lowest BCUT2D eigenvalue weighted by Crippen LogP contribution is -2.34. The van der Waals surface area contributed by atoms with Crippen LogP contribution in [0.1, 0.15) is 10.4 Å². The van der Waals surface area contributed by atoms with Crippen molar-refractivity contribution in [3.05, 3.63) is 20.8 Å². The highest BCUT2D eigenvalue weighted by Crippen LogP contribution is 2.38. The fraction of sp³-hybridized carbons (Fsp3) is 0.455. The molecule has 0 spiro atoms. The van der Waals surface area contributed by atoms with Gasteiger partial charge in [0.1, 0.15) is 0 Å². The summed E-state index contributed by atoms with van der Waals surface area (Å²) in [4.78, 5) is 23.9. The molecule has 0 aromatic carbocycles. The van der Waals surface area contributed by atoms with Crippen LogP contribution in [-0.2, 0) is 4.79 Å². The van der Waals surface area contributed by atoms with Crippen molar-refractivity contribution < 1.29 is 27.9 Å². The molecule has 2 rings (SSSR count). The van der Waals surface area contributed by atoms with Gasteiger partial charge in [0.25, 0.3) is 5.91 Å². The van der Waals surface area contributed by atoms with E-state index >= 15 is 0 Å². The number of carbonyl (C=O) groups is 2. The largest absolute Gasteiger partial charge is 0.481 e. The number of halogens is 4. The van der Waals surface area contributed by atoms with E-state index in [0.717, 1.165) is 4.90 Å². The third kappa shape index (κ3) is 2.98. The summed E-state index contributed by atoms with van der Waals surface area (Å²) in [5.74, 6) is -5.74. The highest BCUT2D eigenvalue weighted by Gasteiger charge is 2.53. The maximum Gasteiger partial charge on any atom is 0.394 e. The van der Waals surface area contributed by atoms with Gasteiger partial charge in [-0.05, 0) is 22.0 Å². The Kier molecular flexibility index (Phi) is 4.10. The zero-order valence-corrected chi connectivity index (χ0v) is 12.3. The second-order valence-electron chi connectivity index (χ2n) is 4.44. The van der Waals surface area contributed by atoms with Crippen LogP contribution in [0.3, 0.4) is 0 Å². The summed E-state index contributed by atoms with van der Waals surface area (Å²) in [5.41, 5.74) is 0.258. The number of likely N-dealkylation sites (tertiary alicyclic amines) is 1. The van der Waals surface area contributed by atoms with E-state index in [1.807, 2.05) is 0 Å². The van der Waals surface area contributed by atoms with E-state index in [0.29, 0.717) is 3.79 Å². The number of aliphatic carboxylic acids is 1. The Labute approximate surface area is 124 Å². The molecule has 4 nitrogen and oxygen atoms in total. The molecule has 1 aromatic rings. The van der Waals surface area contributed by atoms with E-state index in [1.54, 1.807) is 0 Å². The molecule has 1 N–H and O–H groups in total. The predicted octanol–water partition coefficient (Wildman–Crippen LogP) is 2.85. The summed E-state index contributed by atoms with van der Waals surface area (Å²) in [5, 5.41) is 10.4. The summed E-state index contributed by atoms with van der Waals surface area (Å²) in [7, 11) is 0. The number of rotatable bonds is 2. The van der Waals surface area contributed by atoms with Crippen molar-refractivity contribution in [2.45, 2.75) is 6.18 Å². The van der Waals surface area contributed by atoms with Crippen LogP contribution in [-0.4, -0.2) is 41.1 Å². The number of nitrogens with zero attached hydrogens (tertiary/aromatic N) is 1. The zero-order chi connectivity index (χ0) is 15.1. The molecule has 0 unspecified atom stereocenters. The molecule has 2 heterocycles. The van der Waals surface area contributed by atoms with Gasteiger partial charge in [-0.15, -0.1) is 11.3 Å². The first-order valence-corrected chi connectivity index (χ1v) is 7.20. The second-order valence-corrected chi connectivity index (χ2v) is 6.73. The highest BCUT2D eigenvalue weighted by molar-refractivity contribution is 9.11. The van der Waals surface area contributed by atoms with E-state index in [-0.39, 0.29) is 5.56 Å². The first-order chi connectivity index (χ1) is 9.20. The molecule has 9 heteroatoms. The Bertz CT molecular complexity index is 545. The predicted molar refractivity (Wildman–Crippen MR) is 68.6 cm³/mol. The van der Waals surface area contributed by atoms with Gasteiger partial charge in [0.15, 0.2) is 0 Å². The molecule has 1 aromatic heterocycles. The average Bonchev–Trinajstić information content (AvgIpc) is 2.93. The lowest BCUT2D eigenvalue weighted by molar-refractivity contribution is -0.187. The quantitative estimate of drug-likeness (QED) is 0.869. The van der Waals surface area contributed by atoms with Crippen molar-refractivity contribution >= 4 is 39.1 Å². The van der Waals surface area contributed by atoms with Gasteiger partial charge in [-0.2, -0.15) is 13.2 Å². The van der Waals surface area contributed by atoms with Gasteiger partial charge in [0.2, 0.25) is 0 Å². The Morgan fingerprint density at radius 3 is 2.45 bits per heavy atom. The van der Waals surface area contributed by atoms with Crippen molar-refractivity contribution in [3.8, 4) is 0 Å². The lowest BCUT2D eigenvalue weighted by atomic mass is 9.96. The van der Waals surface area contributed by atoms with Crippen LogP contribution in [0.5, 0.6) is 0 Å². The van der Waals surface area contributed by atoms with Gasteiger partial charge in [0.05, 0.1) is 21.2 Å². The summed E-state index contributed by atoms with van der Waals surface area (Å²) in [6, 6.07) is 1.50. The normalized spacial score (nSPS) is 23.1. The Morgan fingerprint density at radius 2 is 2.05 bits per heavy atom. The molecule has 1 fully saturated rings. The van der Waals surface area contributed by atoms with Crippen LogP contribution in [0.25, 0.3) is 0 Å². The van der Waals surface area contributed by atoms with Crippen LogP contribution in [0.15, 0.2) is 15.2 Å². The van der Waals surface area contributed by atoms with Crippen LogP contribution in [0.4, 0.5) is 13.2 Å². The third-order valence-electron chi connectivity index (χ3n) is 3.16. The van der Waals surface area contributed by atoms with Gasteiger partial charge in [-0.1, -0.05) is 0 Å². The zero-order valence-electron chi connectivity index (χ0n) is 9.85. The van der Waals surface area contributed by atoms with E-state index in [1.165, 1.54) is 22.8 Å². The van der Waals surface area contributed by atoms with Crippen LogP contribution in [0.2, 0.25) is 0 Å². The first kappa shape index (κ1) is 15.3. The molecule has 1 aliphatic rings. The number of amides is 1. The minimum absolute atomic E-state index is 0.258. The fourth-order valence-electron chi connectivity index (χ4n) is 2.16. The molecule has 1 saturated heterocycles. The monoisotopic (exact) mass is 371 g/mol. The van der Waals surface area contributed by atoms with E-state index in [4.69, 9.17) is 5.11 Å². The van der Waals surface area contributed by atoms with Gasteiger partial charge < -0.3 is 10.0 Å². The number of hydrogen-bond acceptors (Lipinski definition) is 3. The number of carboxylic acid groups (broad SMARTS) is 1. The van der Waals surface area contributed by atoms with Gasteiger partial charge in [0, 0.05) is 18.5 Å². The highest BCUT2D eigenvalue weighted by atomic mass is 79.9. The molecule has 1 aliphatic heterocycles. The molecule has 20 heavy (non-hydrogen) atoms. The summed E-state index contributed by atoms with van der Waals surface area (Å²) >= 11 is 4.40. The minimum atomic E-state index is -4.63. The summed E-state index contributed by atoms with van der Waals surface area (Å²) in [6.07, 6.45) is -4.63. The SMILES string of the molecule is O=C(O)[C@@H]1CN(C(=O)c2csc(Br)c2)C[C@H]1C(F)(F)F. The first-order valence-electron chi connectivity index (χ1n) is 5.53. The molecular weight excluding hydrogens is 363 g/mol. The molecule has 0 aliphatic carbocycles. The Balaban J connectivity index is 2.20. The Hall–Kier alpha value is -1.09. The second kappa shape index (κ2) is 5.36. The maximum atomic E-state index is 12.8. The number of carboxylic acids is 1.